The average molecular weight is 435 g/mol. The Morgan fingerprint density at radius 3 is 1.32 bits per heavy atom. The molecular weight excluding hydrogens is 412 g/mol. The molecule has 0 saturated heterocycles. The third-order valence-electron chi connectivity index (χ3n) is 6.02. The molecule has 0 saturated carbocycles. The molecule has 0 unspecified atom stereocenters. The van der Waals surface area contributed by atoms with Crippen LogP contribution in [0.15, 0.2) is 109 Å². The molecule has 0 amide bonds. The Balaban J connectivity index is 1.22. The van der Waals surface area contributed by atoms with Crippen LogP contribution in [0.2, 0.25) is 0 Å². The van der Waals surface area contributed by atoms with E-state index in [1.165, 1.54) is 10.8 Å². The minimum atomic E-state index is 0.960. The van der Waals surface area contributed by atoms with Crippen molar-refractivity contribution in [3.63, 3.8) is 0 Å². The Labute approximate surface area is 198 Å². The Hall–Kier alpha value is -4.56. The summed E-state index contributed by atoms with van der Waals surface area (Å²) in [4.78, 5) is 9.45. The van der Waals surface area contributed by atoms with Crippen LogP contribution >= 0.6 is 0 Å². The van der Waals surface area contributed by atoms with Crippen molar-refractivity contribution in [3.05, 3.63) is 132 Å². The third kappa shape index (κ3) is 4.22. The van der Waals surface area contributed by atoms with Crippen molar-refractivity contribution < 1.29 is 0 Å². The van der Waals surface area contributed by atoms with Crippen molar-refractivity contribution in [2.75, 3.05) is 0 Å². The van der Waals surface area contributed by atoms with Gasteiger partial charge in [0.25, 0.3) is 0 Å². The molecule has 0 atom stereocenters. The number of pyridine rings is 2. The summed E-state index contributed by atoms with van der Waals surface area (Å²) in [5.41, 5.74) is 6.27. The Morgan fingerprint density at radius 2 is 0.824 bits per heavy atom. The zero-order valence-corrected chi connectivity index (χ0v) is 18.6. The molecular formula is C32H22N2. The van der Waals surface area contributed by atoms with Gasteiger partial charge in [-0.1, -0.05) is 84.9 Å². The predicted octanol–water partition coefficient (Wildman–Crippen LogP) is 8.28. The fraction of sp³-hybridized carbons (Fsp3) is 0. The SMILES string of the molecule is C(=Cc1ccc2ccccc2n1)c1ccc2cc(C=Cc3ccc4ccccc4n3)ccc2c1. The van der Waals surface area contributed by atoms with Crippen molar-refractivity contribution in [1.29, 1.82) is 0 Å². The van der Waals surface area contributed by atoms with E-state index >= 15 is 0 Å². The van der Waals surface area contributed by atoms with E-state index in [0.29, 0.717) is 0 Å². The fourth-order valence-corrected chi connectivity index (χ4v) is 4.20. The second-order valence-electron chi connectivity index (χ2n) is 8.39. The number of aromatic nitrogens is 2. The van der Waals surface area contributed by atoms with Crippen LogP contribution < -0.4 is 0 Å². The van der Waals surface area contributed by atoms with E-state index in [-0.39, 0.29) is 0 Å². The van der Waals surface area contributed by atoms with Gasteiger partial charge in [-0.3, -0.25) is 0 Å². The first-order chi connectivity index (χ1) is 16.8. The van der Waals surface area contributed by atoms with Gasteiger partial charge in [-0.25, -0.2) is 9.97 Å². The zero-order valence-electron chi connectivity index (χ0n) is 18.6. The summed E-state index contributed by atoms with van der Waals surface area (Å²) in [5, 5.41) is 4.75. The molecule has 0 spiro atoms. The van der Waals surface area contributed by atoms with Gasteiger partial charge in [-0.05, 0) is 70.4 Å². The van der Waals surface area contributed by atoms with E-state index in [9.17, 15) is 0 Å². The molecule has 0 radical (unpaired) electrons. The molecule has 2 heteroatoms. The summed E-state index contributed by atoms with van der Waals surface area (Å²) < 4.78 is 0. The Bertz CT molecular complexity index is 1580. The van der Waals surface area contributed by atoms with Gasteiger partial charge in [0, 0.05) is 10.8 Å². The quantitative estimate of drug-likeness (QED) is 0.279. The van der Waals surface area contributed by atoms with Crippen molar-refractivity contribution >= 4 is 56.9 Å². The lowest BCUT2D eigenvalue weighted by molar-refractivity contribution is 1.37. The second kappa shape index (κ2) is 8.76. The largest absolute Gasteiger partial charge is 0.248 e. The van der Waals surface area contributed by atoms with Crippen molar-refractivity contribution in [2.45, 2.75) is 0 Å². The van der Waals surface area contributed by atoms with Gasteiger partial charge in [-0.15, -0.1) is 0 Å². The number of para-hydroxylation sites is 2. The topological polar surface area (TPSA) is 25.8 Å². The molecule has 4 aromatic carbocycles. The first kappa shape index (κ1) is 20.1. The summed E-state index contributed by atoms with van der Waals surface area (Å²) in [6.45, 7) is 0. The molecule has 0 aliphatic carbocycles. The van der Waals surface area contributed by atoms with Gasteiger partial charge in [0.2, 0.25) is 0 Å². The number of rotatable bonds is 4. The lowest BCUT2D eigenvalue weighted by atomic mass is 10.0. The maximum absolute atomic E-state index is 4.73. The Kier molecular flexibility index (Phi) is 5.17. The third-order valence-corrected chi connectivity index (χ3v) is 6.02. The molecule has 0 N–H and O–H groups in total. The van der Waals surface area contributed by atoms with Gasteiger partial charge in [-0.2, -0.15) is 0 Å². The maximum Gasteiger partial charge on any atom is 0.0709 e. The van der Waals surface area contributed by atoms with Crippen LogP contribution in [0.5, 0.6) is 0 Å². The molecule has 6 aromatic rings. The van der Waals surface area contributed by atoms with Gasteiger partial charge in [0.1, 0.15) is 0 Å². The van der Waals surface area contributed by atoms with Gasteiger partial charge in [0.15, 0.2) is 0 Å². The maximum atomic E-state index is 4.73. The normalized spacial score (nSPS) is 11.9. The molecule has 2 aromatic heterocycles. The van der Waals surface area contributed by atoms with Crippen LogP contribution in [0.1, 0.15) is 22.5 Å². The average Bonchev–Trinajstić information content (AvgIpc) is 2.90. The van der Waals surface area contributed by atoms with Crippen LogP contribution in [0.4, 0.5) is 0 Å². The van der Waals surface area contributed by atoms with Crippen molar-refractivity contribution in [2.24, 2.45) is 0 Å². The molecule has 2 nitrogen and oxygen atoms in total. The highest BCUT2D eigenvalue weighted by molar-refractivity contribution is 5.89. The van der Waals surface area contributed by atoms with E-state index in [0.717, 1.165) is 44.3 Å². The van der Waals surface area contributed by atoms with Gasteiger partial charge in [0.05, 0.1) is 22.4 Å². The van der Waals surface area contributed by atoms with E-state index in [1.807, 2.05) is 36.4 Å². The summed E-state index contributed by atoms with van der Waals surface area (Å²) in [7, 11) is 0. The minimum absolute atomic E-state index is 0.960. The summed E-state index contributed by atoms with van der Waals surface area (Å²) in [6, 6.07) is 37.8. The van der Waals surface area contributed by atoms with E-state index in [1.54, 1.807) is 0 Å². The first-order valence-electron chi connectivity index (χ1n) is 11.4. The molecule has 0 aliphatic heterocycles. The van der Waals surface area contributed by atoms with Crippen LogP contribution in [-0.2, 0) is 0 Å². The van der Waals surface area contributed by atoms with Gasteiger partial charge >= 0.3 is 0 Å². The number of benzene rings is 4. The summed E-state index contributed by atoms with van der Waals surface area (Å²) in [6.07, 6.45) is 8.38. The minimum Gasteiger partial charge on any atom is -0.248 e. The molecule has 0 bridgehead atoms. The number of nitrogens with zero attached hydrogens (tertiary/aromatic N) is 2. The summed E-state index contributed by atoms with van der Waals surface area (Å²) >= 11 is 0. The molecule has 2 heterocycles. The predicted molar refractivity (Wildman–Crippen MR) is 145 cm³/mol. The molecule has 34 heavy (non-hydrogen) atoms. The van der Waals surface area contributed by atoms with Gasteiger partial charge < -0.3 is 0 Å². The number of hydrogen-bond donors (Lipinski definition) is 0. The van der Waals surface area contributed by atoms with Crippen LogP contribution in [0.3, 0.4) is 0 Å². The van der Waals surface area contributed by atoms with E-state index in [4.69, 9.17) is 9.97 Å². The monoisotopic (exact) mass is 434 g/mol. The number of fused-ring (bicyclic) bond motifs is 3. The Morgan fingerprint density at radius 1 is 0.382 bits per heavy atom. The van der Waals surface area contributed by atoms with Crippen molar-refractivity contribution in [3.8, 4) is 0 Å². The molecule has 160 valence electrons. The van der Waals surface area contributed by atoms with E-state index in [2.05, 4.69) is 97.1 Å². The second-order valence-corrected chi connectivity index (χ2v) is 8.39. The highest BCUT2D eigenvalue weighted by Crippen LogP contribution is 2.21. The van der Waals surface area contributed by atoms with Crippen molar-refractivity contribution in [1.82, 2.24) is 9.97 Å². The van der Waals surface area contributed by atoms with Crippen LogP contribution in [0, 0.1) is 0 Å². The highest BCUT2D eigenvalue weighted by Gasteiger charge is 1.99. The fourth-order valence-electron chi connectivity index (χ4n) is 4.20. The van der Waals surface area contributed by atoms with E-state index < -0.39 is 0 Å². The smallest absolute Gasteiger partial charge is 0.0709 e. The standard InChI is InChI=1S/C32H22N2/c1-3-7-31-25(5-1)15-19-29(33-31)17-11-23-9-13-28-22-24(10-14-27(28)21-23)12-18-30-20-16-26-6-2-4-8-32(26)34-30/h1-22H. The molecule has 0 fully saturated rings. The molecule has 0 aliphatic rings. The summed E-state index contributed by atoms with van der Waals surface area (Å²) in [5.74, 6) is 0. The zero-order chi connectivity index (χ0) is 22.7. The lowest BCUT2D eigenvalue weighted by Crippen LogP contribution is -1.83. The highest BCUT2D eigenvalue weighted by atomic mass is 14.7. The lowest BCUT2D eigenvalue weighted by Gasteiger charge is -2.03. The first-order valence-corrected chi connectivity index (χ1v) is 11.4. The van der Waals surface area contributed by atoms with Crippen LogP contribution in [0.25, 0.3) is 56.9 Å². The van der Waals surface area contributed by atoms with Crippen LogP contribution in [-0.4, -0.2) is 9.97 Å². The number of hydrogen-bond acceptors (Lipinski definition) is 2. The molecule has 6 rings (SSSR count).